The molecule has 0 saturated carbocycles. The molecule has 0 aliphatic carbocycles. The van der Waals surface area contributed by atoms with Crippen molar-refractivity contribution < 1.29 is 22.7 Å². The number of aryl methyl sites for hydroxylation is 1. The smallest absolute Gasteiger partial charge is 0.247 e. The Morgan fingerprint density at radius 2 is 1.82 bits per heavy atom. The average molecular weight is 427 g/mol. The lowest BCUT2D eigenvalue weighted by atomic mass is 10.2. The fraction of sp³-hybridized carbons (Fsp3) is 0.316. The highest BCUT2D eigenvalue weighted by Gasteiger charge is 2.31. The summed E-state index contributed by atoms with van der Waals surface area (Å²) in [4.78, 5) is 12.8. The molecule has 0 aliphatic heterocycles. The fourth-order valence-corrected chi connectivity index (χ4v) is 4.02. The summed E-state index contributed by atoms with van der Waals surface area (Å²) in [6, 6.07) is 8.74. The first-order chi connectivity index (χ1) is 13.1. The molecular formula is C19H23ClN2O5S. The van der Waals surface area contributed by atoms with Crippen LogP contribution in [-0.4, -0.2) is 40.8 Å². The molecule has 0 radical (unpaired) electrons. The molecule has 0 aliphatic rings. The van der Waals surface area contributed by atoms with Crippen molar-refractivity contribution in [2.75, 3.05) is 30.1 Å². The molecule has 2 aromatic carbocycles. The zero-order chi connectivity index (χ0) is 21.1. The molecule has 28 heavy (non-hydrogen) atoms. The number of halogens is 1. The minimum Gasteiger partial charge on any atom is -0.497 e. The maximum Gasteiger partial charge on any atom is 0.247 e. The minimum atomic E-state index is -3.82. The molecule has 0 fully saturated rings. The summed E-state index contributed by atoms with van der Waals surface area (Å²) in [6.07, 6.45) is 1.03. The Kier molecular flexibility index (Phi) is 6.79. The van der Waals surface area contributed by atoms with Gasteiger partial charge in [-0.15, -0.1) is 0 Å². The molecule has 1 atom stereocenters. The molecule has 7 nitrogen and oxygen atoms in total. The highest BCUT2D eigenvalue weighted by atomic mass is 35.5. The maximum absolute atomic E-state index is 12.8. The number of sulfonamides is 1. The van der Waals surface area contributed by atoms with Crippen LogP contribution in [0.5, 0.6) is 11.5 Å². The molecule has 1 amide bonds. The number of anilines is 2. The number of rotatable bonds is 7. The molecule has 0 heterocycles. The molecule has 9 heteroatoms. The average Bonchev–Trinajstić information content (AvgIpc) is 2.63. The van der Waals surface area contributed by atoms with Crippen molar-refractivity contribution in [3.05, 3.63) is 47.0 Å². The van der Waals surface area contributed by atoms with Gasteiger partial charge in [0.1, 0.15) is 17.5 Å². The maximum atomic E-state index is 12.8. The van der Waals surface area contributed by atoms with E-state index in [2.05, 4.69) is 5.32 Å². The van der Waals surface area contributed by atoms with Gasteiger partial charge >= 0.3 is 0 Å². The van der Waals surface area contributed by atoms with Gasteiger partial charge in [0.15, 0.2) is 0 Å². The van der Waals surface area contributed by atoms with Crippen molar-refractivity contribution in [1.29, 1.82) is 0 Å². The highest BCUT2D eigenvalue weighted by Crippen LogP contribution is 2.35. The lowest BCUT2D eigenvalue weighted by molar-refractivity contribution is -0.116. The van der Waals surface area contributed by atoms with Gasteiger partial charge < -0.3 is 14.8 Å². The van der Waals surface area contributed by atoms with E-state index in [0.29, 0.717) is 22.2 Å². The summed E-state index contributed by atoms with van der Waals surface area (Å²) in [5.41, 5.74) is 1.54. The summed E-state index contributed by atoms with van der Waals surface area (Å²) in [6.45, 7) is 3.34. The molecule has 2 rings (SSSR count). The van der Waals surface area contributed by atoms with E-state index in [4.69, 9.17) is 21.1 Å². The van der Waals surface area contributed by atoms with Crippen LogP contribution in [0.2, 0.25) is 5.02 Å². The van der Waals surface area contributed by atoms with E-state index in [1.165, 1.54) is 27.2 Å². The lowest BCUT2D eigenvalue weighted by Gasteiger charge is -2.29. The standard InChI is InChI=1S/C19H23ClN2O5S/c1-12-6-7-14(10-16(12)20)21-19(23)13(2)22(28(5,24)25)17-11-15(26-3)8-9-18(17)27-4/h6-11,13H,1-5H3,(H,21,23)/t13-/m1/s1. The summed E-state index contributed by atoms with van der Waals surface area (Å²) in [5.74, 6) is 0.210. The van der Waals surface area contributed by atoms with Gasteiger partial charge in [-0.05, 0) is 43.7 Å². The number of carbonyl (C=O) groups excluding carboxylic acids is 1. The molecule has 0 spiro atoms. The van der Waals surface area contributed by atoms with Crippen molar-refractivity contribution >= 4 is 38.9 Å². The first-order valence-electron chi connectivity index (χ1n) is 8.37. The van der Waals surface area contributed by atoms with E-state index in [1.807, 2.05) is 6.92 Å². The van der Waals surface area contributed by atoms with E-state index in [9.17, 15) is 13.2 Å². The van der Waals surface area contributed by atoms with E-state index in [-0.39, 0.29) is 5.69 Å². The summed E-state index contributed by atoms with van der Waals surface area (Å²) in [5, 5.41) is 3.20. The zero-order valence-corrected chi connectivity index (χ0v) is 17.9. The number of hydrogen-bond acceptors (Lipinski definition) is 5. The largest absolute Gasteiger partial charge is 0.497 e. The van der Waals surface area contributed by atoms with Gasteiger partial charge in [0, 0.05) is 16.8 Å². The van der Waals surface area contributed by atoms with Gasteiger partial charge in [0.25, 0.3) is 0 Å². The number of amides is 1. The molecule has 1 N–H and O–H groups in total. The first kappa shape index (κ1) is 21.8. The number of hydrogen-bond donors (Lipinski definition) is 1. The van der Waals surface area contributed by atoms with E-state index < -0.39 is 22.0 Å². The third kappa shape index (κ3) is 4.88. The molecule has 0 bridgehead atoms. The third-order valence-corrected chi connectivity index (χ3v) is 5.79. The molecule has 2 aromatic rings. The summed E-state index contributed by atoms with van der Waals surface area (Å²) in [7, 11) is -0.929. The Morgan fingerprint density at radius 3 is 2.36 bits per heavy atom. The van der Waals surface area contributed by atoms with Crippen LogP contribution in [0.1, 0.15) is 12.5 Å². The minimum absolute atomic E-state index is 0.203. The highest BCUT2D eigenvalue weighted by molar-refractivity contribution is 7.92. The number of nitrogens with one attached hydrogen (secondary N) is 1. The monoisotopic (exact) mass is 426 g/mol. The molecule has 0 saturated heterocycles. The van der Waals surface area contributed by atoms with Crippen LogP contribution in [-0.2, 0) is 14.8 Å². The Morgan fingerprint density at radius 1 is 1.14 bits per heavy atom. The van der Waals surface area contributed by atoms with Gasteiger partial charge in [-0.2, -0.15) is 0 Å². The number of carbonyl (C=O) groups is 1. The van der Waals surface area contributed by atoms with Crippen molar-refractivity contribution in [2.24, 2.45) is 0 Å². The van der Waals surface area contributed by atoms with Gasteiger partial charge in [-0.25, -0.2) is 8.42 Å². The van der Waals surface area contributed by atoms with Crippen molar-refractivity contribution in [2.45, 2.75) is 19.9 Å². The van der Waals surface area contributed by atoms with Gasteiger partial charge in [-0.1, -0.05) is 17.7 Å². The Hall–Kier alpha value is -2.45. The van der Waals surface area contributed by atoms with Crippen LogP contribution in [0, 0.1) is 6.92 Å². The quantitative estimate of drug-likeness (QED) is 0.732. The Bertz CT molecular complexity index is 978. The third-order valence-electron chi connectivity index (χ3n) is 4.15. The van der Waals surface area contributed by atoms with Crippen LogP contribution < -0.4 is 19.1 Å². The fourth-order valence-electron chi connectivity index (χ4n) is 2.67. The van der Waals surface area contributed by atoms with Crippen molar-refractivity contribution in [1.82, 2.24) is 0 Å². The van der Waals surface area contributed by atoms with E-state index in [1.54, 1.807) is 30.3 Å². The molecule has 0 aromatic heterocycles. The van der Waals surface area contributed by atoms with Crippen LogP contribution in [0.25, 0.3) is 0 Å². The first-order valence-corrected chi connectivity index (χ1v) is 10.6. The summed E-state index contributed by atoms with van der Waals surface area (Å²) < 4.78 is 36.5. The number of methoxy groups -OCH3 is 2. The Labute approximate surface area is 170 Å². The lowest BCUT2D eigenvalue weighted by Crippen LogP contribution is -2.45. The second kappa shape index (κ2) is 8.70. The topological polar surface area (TPSA) is 84.9 Å². The van der Waals surface area contributed by atoms with Gasteiger partial charge in [0.2, 0.25) is 15.9 Å². The van der Waals surface area contributed by atoms with Gasteiger partial charge in [-0.3, -0.25) is 9.10 Å². The summed E-state index contributed by atoms with van der Waals surface area (Å²) >= 11 is 6.09. The van der Waals surface area contributed by atoms with Crippen molar-refractivity contribution in [3.63, 3.8) is 0 Å². The SMILES string of the molecule is COc1ccc(OC)c(N([C@H](C)C(=O)Nc2ccc(C)c(Cl)c2)S(C)(=O)=O)c1. The van der Waals surface area contributed by atoms with Crippen LogP contribution in [0.15, 0.2) is 36.4 Å². The predicted molar refractivity (Wildman–Crippen MR) is 111 cm³/mol. The second-order valence-electron chi connectivity index (χ2n) is 6.23. The zero-order valence-electron chi connectivity index (χ0n) is 16.3. The normalized spacial score (nSPS) is 12.2. The predicted octanol–water partition coefficient (Wildman–Crippen LogP) is 3.46. The van der Waals surface area contributed by atoms with Gasteiger partial charge in [0.05, 0.1) is 26.2 Å². The van der Waals surface area contributed by atoms with Crippen LogP contribution >= 0.6 is 11.6 Å². The molecule has 152 valence electrons. The van der Waals surface area contributed by atoms with E-state index >= 15 is 0 Å². The van der Waals surface area contributed by atoms with Crippen LogP contribution in [0.4, 0.5) is 11.4 Å². The number of ether oxygens (including phenoxy) is 2. The molecular weight excluding hydrogens is 404 g/mol. The number of benzene rings is 2. The Balaban J connectivity index is 2.43. The molecule has 0 unspecified atom stereocenters. The van der Waals surface area contributed by atoms with Crippen LogP contribution in [0.3, 0.4) is 0 Å². The number of nitrogens with zero attached hydrogens (tertiary/aromatic N) is 1. The van der Waals surface area contributed by atoms with E-state index in [0.717, 1.165) is 16.1 Å². The second-order valence-corrected chi connectivity index (χ2v) is 8.49. The van der Waals surface area contributed by atoms with Crippen molar-refractivity contribution in [3.8, 4) is 11.5 Å².